The molecule has 1 saturated carbocycles. The van der Waals surface area contributed by atoms with Crippen LogP contribution in [-0.4, -0.2) is 11.5 Å². The molecule has 0 heterocycles. The maximum Gasteiger partial charge on any atom is 0.293 e. The summed E-state index contributed by atoms with van der Waals surface area (Å²) < 4.78 is 13.7. The van der Waals surface area contributed by atoms with E-state index in [9.17, 15) is 14.5 Å². The van der Waals surface area contributed by atoms with Crippen molar-refractivity contribution >= 4 is 27.3 Å². The highest BCUT2D eigenvalue weighted by atomic mass is 79.9. The Balaban J connectivity index is 2.20. The third-order valence-corrected chi connectivity index (χ3v) is 4.91. The van der Waals surface area contributed by atoms with Crippen molar-refractivity contribution in [3.63, 3.8) is 0 Å². The first-order chi connectivity index (χ1) is 9.47. The summed E-state index contributed by atoms with van der Waals surface area (Å²) in [4.78, 5) is 10.6. The molecule has 0 saturated heterocycles. The summed E-state index contributed by atoms with van der Waals surface area (Å²) in [5.41, 5.74) is 0.357. The molecule has 0 bridgehead atoms. The summed E-state index contributed by atoms with van der Waals surface area (Å²) in [5.74, 6) is -0.491. The number of halogens is 2. The molecule has 0 spiro atoms. The number of nitro benzene ring substituents is 1. The van der Waals surface area contributed by atoms with Gasteiger partial charge in [-0.25, -0.2) is 4.39 Å². The van der Waals surface area contributed by atoms with Crippen molar-refractivity contribution in [1.82, 2.24) is 0 Å². The summed E-state index contributed by atoms with van der Waals surface area (Å²) in [6, 6.07) is 2.41. The number of rotatable bonds is 5. The predicted octanol–water partition coefficient (Wildman–Crippen LogP) is 4.88. The zero-order valence-corrected chi connectivity index (χ0v) is 13.0. The van der Waals surface area contributed by atoms with E-state index < -0.39 is 10.7 Å². The van der Waals surface area contributed by atoms with Crippen molar-refractivity contribution in [1.29, 1.82) is 0 Å². The van der Waals surface area contributed by atoms with E-state index in [-0.39, 0.29) is 21.3 Å². The standard InChI is InChI=1S/C14H18BrFN2O2/c1-2-14(5-3-4-6-14)9-17-12-8-11(16)10(15)7-13(12)18(19)20/h7-8,17H,2-6,9H2,1H3. The fourth-order valence-corrected chi connectivity index (χ4v) is 3.22. The van der Waals surface area contributed by atoms with E-state index in [4.69, 9.17) is 0 Å². The molecule has 1 N–H and O–H groups in total. The monoisotopic (exact) mass is 344 g/mol. The average molecular weight is 345 g/mol. The van der Waals surface area contributed by atoms with Gasteiger partial charge in [0.25, 0.3) is 5.69 Å². The summed E-state index contributed by atoms with van der Waals surface area (Å²) in [5, 5.41) is 14.1. The van der Waals surface area contributed by atoms with Crippen molar-refractivity contribution < 1.29 is 9.31 Å². The predicted molar refractivity (Wildman–Crippen MR) is 80.4 cm³/mol. The van der Waals surface area contributed by atoms with Crippen LogP contribution in [0.5, 0.6) is 0 Å². The van der Waals surface area contributed by atoms with Crippen molar-refractivity contribution in [2.24, 2.45) is 5.41 Å². The lowest BCUT2D eigenvalue weighted by Crippen LogP contribution is -2.26. The molecule has 1 aliphatic carbocycles. The van der Waals surface area contributed by atoms with Crippen LogP contribution < -0.4 is 5.32 Å². The van der Waals surface area contributed by atoms with Gasteiger partial charge in [-0.1, -0.05) is 19.8 Å². The maximum atomic E-state index is 13.6. The molecule has 6 heteroatoms. The highest BCUT2D eigenvalue weighted by Gasteiger charge is 2.32. The van der Waals surface area contributed by atoms with Crippen molar-refractivity contribution in [3.05, 3.63) is 32.5 Å². The molecule has 2 rings (SSSR count). The molecule has 0 aliphatic heterocycles. The molecule has 110 valence electrons. The van der Waals surface area contributed by atoms with E-state index >= 15 is 0 Å². The molecule has 1 fully saturated rings. The lowest BCUT2D eigenvalue weighted by molar-refractivity contribution is -0.384. The van der Waals surface area contributed by atoms with E-state index in [1.165, 1.54) is 25.0 Å². The molecule has 1 aliphatic rings. The van der Waals surface area contributed by atoms with Gasteiger partial charge in [0.2, 0.25) is 0 Å². The SMILES string of the molecule is CCC1(CNc2cc(F)c(Br)cc2[N+](=O)[O-])CCCC1. The lowest BCUT2D eigenvalue weighted by atomic mass is 9.83. The first kappa shape index (κ1) is 15.2. The largest absolute Gasteiger partial charge is 0.379 e. The van der Waals surface area contributed by atoms with Crippen LogP contribution in [0.2, 0.25) is 0 Å². The molecule has 0 aromatic heterocycles. The molecule has 0 amide bonds. The van der Waals surface area contributed by atoms with Gasteiger partial charge in [0.1, 0.15) is 11.5 Å². The third kappa shape index (κ3) is 3.11. The quantitative estimate of drug-likeness (QED) is 0.611. The van der Waals surface area contributed by atoms with Gasteiger partial charge in [0.15, 0.2) is 0 Å². The first-order valence-corrected chi connectivity index (χ1v) is 7.64. The first-order valence-electron chi connectivity index (χ1n) is 6.85. The van der Waals surface area contributed by atoms with Gasteiger partial charge in [-0.05, 0) is 40.6 Å². The fourth-order valence-electron chi connectivity index (χ4n) is 2.89. The molecular weight excluding hydrogens is 327 g/mol. The highest BCUT2D eigenvalue weighted by molar-refractivity contribution is 9.10. The van der Waals surface area contributed by atoms with E-state index in [2.05, 4.69) is 28.2 Å². The average Bonchev–Trinajstić information content (AvgIpc) is 2.89. The molecule has 1 aromatic carbocycles. The number of hydrogen-bond acceptors (Lipinski definition) is 3. The number of anilines is 1. The molecule has 4 nitrogen and oxygen atoms in total. The van der Waals surface area contributed by atoms with E-state index in [0.717, 1.165) is 19.3 Å². The van der Waals surface area contributed by atoms with Gasteiger partial charge in [0, 0.05) is 18.7 Å². The summed E-state index contributed by atoms with van der Waals surface area (Å²) in [6.45, 7) is 2.80. The van der Waals surface area contributed by atoms with Crippen LogP contribution >= 0.6 is 15.9 Å². The number of nitrogens with zero attached hydrogens (tertiary/aromatic N) is 1. The Kier molecular flexibility index (Phi) is 4.62. The summed E-state index contributed by atoms with van der Waals surface area (Å²) in [6.07, 6.45) is 5.69. The third-order valence-electron chi connectivity index (χ3n) is 4.30. The summed E-state index contributed by atoms with van der Waals surface area (Å²) >= 11 is 2.98. The molecule has 0 atom stereocenters. The van der Waals surface area contributed by atoms with Crippen LogP contribution in [0.4, 0.5) is 15.8 Å². The Bertz CT molecular complexity index is 516. The van der Waals surface area contributed by atoms with Crippen LogP contribution in [0.1, 0.15) is 39.0 Å². The number of benzene rings is 1. The topological polar surface area (TPSA) is 55.2 Å². The second kappa shape index (κ2) is 6.08. The molecule has 20 heavy (non-hydrogen) atoms. The Morgan fingerprint density at radius 3 is 2.65 bits per heavy atom. The zero-order valence-electron chi connectivity index (χ0n) is 11.4. The van der Waals surface area contributed by atoms with Gasteiger partial charge in [-0.15, -0.1) is 0 Å². The molecule has 0 unspecified atom stereocenters. The number of hydrogen-bond donors (Lipinski definition) is 1. The van der Waals surface area contributed by atoms with Crippen LogP contribution in [-0.2, 0) is 0 Å². The Hall–Kier alpha value is -1.17. The Labute approximate surface area is 126 Å². The van der Waals surface area contributed by atoms with Crippen molar-refractivity contribution in [3.8, 4) is 0 Å². The van der Waals surface area contributed by atoms with E-state index in [0.29, 0.717) is 6.54 Å². The van der Waals surface area contributed by atoms with Gasteiger partial charge < -0.3 is 5.32 Å². The molecular formula is C14H18BrFN2O2. The molecule has 0 radical (unpaired) electrons. The van der Waals surface area contributed by atoms with E-state index in [1.807, 2.05) is 0 Å². The van der Waals surface area contributed by atoms with Gasteiger partial charge in [-0.2, -0.15) is 0 Å². The fraction of sp³-hybridized carbons (Fsp3) is 0.571. The highest BCUT2D eigenvalue weighted by Crippen LogP contribution is 2.41. The Morgan fingerprint density at radius 1 is 1.45 bits per heavy atom. The van der Waals surface area contributed by atoms with Crippen LogP contribution in [0.15, 0.2) is 16.6 Å². The minimum absolute atomic E-state index is 0.0949. The normalized spacial score (nSPS) is 17.1. The second-order valence-electron chi connectivity index (χ2n) is 5.45. The Morgan fingerprint density at radius 2 is 2.10 bits per heavy atom. The van der Waals surface area contributed by atoms with Crippen LogP contribution in [0.3, 0.4) is 0 Å². The lowest BCUT2D eigenvalue weighted by Gasteiger charge is -2.28. The minimum Gasteiger partial charge on any atom is -0.379 e. The smallest absolute Gasteiger partial charge is 0.293 e. The van der Waals surface area contributed by atoms with Crippen LogP contribution in [0.25, 0.3) is 0 Å². The van der Waals surface area contributed by atoms with Gasteiger partial charge in [-0.3, -0.25) is 10.1 Å². The van der Waals surface area contributed by atoms with Crippen molar-refractivity contribution in [2.75, 3.05) is 11.9 Å². The number of nitro groups is 1. The van der Waals surface area contributed by atoms with Gasteiger partial charge in [0.05, 0.1) is 9.40 Å². The molecule has 1 aromatic rings. The van der Waals surface area contributed by atoms with Crippen molar-refractivity contribution in [2.45, 2.75) is 39.0 Å². The van der Waals surface area contributed by atoms with Gasteiger partial charge >= 0.3 is 0 Å². The van der Waals surface area contributed by atoms with Crippen LogP contribution in [0, 0.1) is 21.3 Å². The van der Waals surface area contributed by atoms with E-state index in [1.54, 1.807) is 0 Å². The number of nitrogens with one attached hydrogen (secondary N) is 1. The second-order valence-corrected chi connectivity index (χ2v) is 6.31. The maximum absolute atomic E-state index is 13.6. The summed E-state index contributed by atoms with van der Waals surface area (Å²) in [7, 11) is 0. The zero-order chi connectivity index (χ0) is 14.8. The minimum atomic E-state index is -0.491.